The molecule has 0 bridgehead atoms. The highest BCUT2D eigenvalue weighted by Gasteiger charge is 2.43. The number of esters is 1. The number of amides is 3. The van der Waals surface area contributed by atoms with E-state index in [0.717, 1.165) is 25.7 Å². The molecule has 2 aliphatic carbocycles. The maximum Gasteiger partial charge on any atom is 0.408 e. The summed E-state index contributed by atoms with van der Waals surface area (Å²) in [5.41, 5.74) is 1.49. The molecule has 3 amide bonds. The Morgan fingerprint density at radius 1 is 1.07 bits per heavy atom. The van der Waals surface area contributed by atoms with Gasteiger partial charge in [-0.15, -0.1) is 0 Å². The minimum absolute atomic E-state index is 0.0305. The van der Waals surface area contributed by atoms with Gasteiger partial charge in [0.15, 0.2) is 5.82 Å². The second-order valence-corrected chi connectivity index (χ2v) is 15.6. The number of ether oxygens (including phenoxy) is 3. The first-order valence-electron chi connectivity index (χ1n) is 18.8. The Labute approximate surface area is 314 Å². The quantitative estimate of drug-likeness (QED) is 0.248. The molecule has 2 aliphatic heterocycles. The molecule has 16 heteroatoms. The zero-order valence-electron chi connectivity index (χ0n) is 31.8. The highest BCUT2D eigenvalue weighted by Crippen LogP contribution is 2.42. The third-order valence-electron chi connectivity index (χ3n) is 10.6. The summed E-state index contributed by atoms with van der Waals surface area (Å²) in [6.45, 7) is 8.77. The van der Waals surface area contributed by atoms with E-state index in [1.165, 1.54) is 6.92 Å². The zero-order valence-corrected chi connectivity index (χ0v) is 31.8. The summed E-state index contributed by atoms with van der Waals surface area (Å²) in [6, 6.07) is 1.89. The van der Waals surface area contributed by atoms with Gasteiger partial charge >= 0.3 is 18.0 Å². The molecule has 0 spiro atoms. The first kappa shape index (κ1) is 38.6. The second kappa shape index (κ2) is 15.7. The Hall–Kier alpha value is -5.15. The summed E-state index contributed by atoms with van der Waals surface area (Å²) >= 11 is 0. The molecule has 6 rings (SSSR count). The maximum atomic E-state index is 14.0. The summed E-state index contributed by atoms with van der Waals surface area (Å²) in [5, 5.41) is 18.8. The number of fused-ring (bicyclic) bond motifs is 2. The highest BCUT2D eigenvalue weighted by atomic mass is 16.6. The lowest BCUT2D eigenvalue weighted by Gasteiger charge is -2.43. The van der Waals surface area contributed by atoms with Gasteiger partial charge in [-0.2, -0.15) is 4.98 Å². The van der Waals surface area contributed by atoms with Crippen molar-refractivity contribution in [3.05, 3.63) is 29.5 Å². The van der Waals surface area contributed by atoms with E-state index >= 15 is 0 Å². The van der Waals surface area contributed by atoms with E-state index < -0.39 is 53.6 Å². The molecule has 0 unspecified atom stereocenters. The standard InChI is InChI=1S/C38H51N7O9/c1-7-28-35(50)44(6)29-19-39-36(43-33(29)45(28)22-10-8-9-11-22)41-25-13-12-24(23-14-15-52-32(23)25)34(49)40-26-18-30(53-20(2)46)27(16-21(26)17-31(47)48)42-37(51)54-38(3,4)5/h12-13,19,21-22,26-28,30H,7-11,14-18H2,1-6H3,(H,40,49)(H,42,51)(H,47,48)(H,39,41,43)/t21-,26-,27-,28-,30-/m1/s1. The van der Waals surface area contributed by atoms with Crippen LogP contribution in [0.15, 0.2) is 18.3 Å². The third kappa shape index (κ3) is 8.31. The minimum Gasteiger partial charge on any atom is -0.491 e. The number of anilines is 4. The largest absolute Gasteiger partial charge is 0.491 e. The number of nitrogens with zero attached hydrogens (tertiary/aromatic N) is 4. The van der Waals surface area contributed by atoms with E-state index in [1.807, 2.05) is 6.92 Å². The Balaban J connectivity index is 1.23. The van der Waals surface area contributed by atoms with Crippen LogP contribution in [0.1, 0.15) is 102 Å². The fourth-order valence-electron chi connectivity index (χ4n) is 8.25. The molecular weight excluding hydrogens is 698 g/mol. The number of benzene rings is 1. The van der Waals surface area contributed by atoms with Crippen molar-refractivity contribution in [3.8, 4) is 5.75 Å². The number of nitrogens with one attached hydrogen (secondary N) is 3. The topological polar surface area (TPSA) is 202 Å². The number of alkyl carbamates (subject to hydrolysis) is 1. The van der Waals surface area contributed by atoms with Crippen LogP contribution in [-0.4, -0.2) is 94.4 Å². The lowest BCUT2D eigenvalue weighted by atomic mass is 9.77. The van der Waals surface area contributed by atoms with Gasteiger partial charge in [-0.25, -0.2) is 9.78 Å². The number of hydrogen-bond donors (Lipinski definition) is 4. The summed E-state index contributed by atoms with van der Waals surface area (Å²) in [7, 11) is 1.75. The van der Waals surface area contributed by atoms with Gasteiger partial charge in [-0.3, -0.25) is 19.2 Å². The number of carbonyl (C=O) groups is 5. The van der Waals surface area contributed by atoms with Gasteiger partial charge in [0.1, 0.15) is 29.2 Å². The summed E-state index contributed by atoms with van der Waals surface area (Å²) in [4.78, 5) is 77.3. The molecule has 0 saturated heterocycles. The predicted molar refractivity (Wildman–Crippen MR) is 198 cm³/mol. The first-order chi connectivity index (χ1) is 25.6. The van der Waals surface area contributed by atoms with Gasteiger partial charge in [0.25, 0.3) is 5.91 Å². The van der Waals surface area contributed by atoms with Gasteiger partial charge in [-0.05, 0) is 64.5 Å². The van der Waals surface area contributed by atoms with Crippen LogP contribution in [0.2, 0.25) is 0 Å². The SMILES string of the molecule is CC[C@@H]1C(=O)N(C)c2cnc(Nc3ccc(C(=O)N[C@@H]4C[C@@H](OC(C)=O)[C@H](NC(=O)OC(C)(C)C)C[C@@H]4CC(=O)O)c4c3OCC4)nc2N1C1CCCC1. The molecule has 4 aliphatic rings. The molecule has 3 heterocycles. The van der Waals surface area contributed by atoms with Crippen LogP contribution in [0.4, 0.5) is 27.9 Å². The normalized spacial score (nSPS) is 23.9. The monoisotopic (exact) mass is 749 g/mol. The molecule has 16 nitrogen and oxygen atoms in total. The van der Waals surface area contributed by atoms with Crippen molar-refractivity contribution in [2.24, 2.45) is 5.92 Å². The highest BCUT2D eigenvalue weighted by molar-refractivity contribution is 6.04. The van der Waals surface area contributed by atoms with Gasteiger partial charge in [0.2, 0.25) is 11.9 Å². The summed E-state index contributed by atoms with van der Waals surface area (Å²) in [6.07, 6.45) is 5.35. The molecule has 292 valence electrons. The van der Waals surface area contributed by atoms with Crippen molar-refractivity contribution in [1.29, 1.82) is 0 Å². The lowest BCUT2D eigenvalue weighted by Crippen LogP contribution is -2.57. The Kier molecular flexibility index (Phi) is 11.2. The number of carboxylic acid groups (broad SMARTS) is 1. The first-order valence-corrected chi connectivity index (χ1v) is 18.8. The van der Waals surface area contributed by atoms with Crippen LogP contribution in [0.25, 0.3) is 0 Å². The number of aliphatic carboxylic acids is 1. The number of likely N-dealkylation sites (N-methyl/N-ethyl adjacent to an activating group) is 1. The number of rotatable bonds is 10. The van der Waals surface area contributed by atoms with Crippen LogP contribution in [0, 0.1) is 5.92 Å². The van der Waals surface area contributed by atoms with Crippen molar-refractivity contribution in [1.82, 2.24) is 20.6 Å². The Morgan fingerprint density at radius 2 is 1.81 bits per heavy atom. The molecule has 5 atom stereocenters. The fourth-order valence-corrected chi connectivity index (χ4v) is 8.25. The Morgan fingerprint density at radius 3 is 2.48 bits per heavy atom. The van der Waals surface area contributed by atoms with Crippen molar-refractivity contribution in [2.45, 2.75) is 128 Å². The van der Waals surface area contributed by atoms with Gasteiger partial charge < -0.3 is 45.1 Å². The summed E-state index contributed by atoms with van der Waals surface area (Å²) < 4.78 is 17.0. The smallest absolute Gasteiger partial charge is 0.408 e. The van der Waals surface area contributed by atoms with Crippen molar-refractivity contribution in [2.75, 3.05) is 28.8 Å². The second-order valence-electron chi connectivity index (χ2n) is 15.6. The molecule has 54 heavy (non-hydrogen) atoms. The van der Waals surface area contributed by atoms with Crippen LogP contribution in [-0.2, 0) is 30.3 Å². The average molecular weight is 750 g/mol. The number of aromatic nitrogens is 2. The van der Waals surface area contributed by atoms with Gasteiger partial charge in [0, 0.05) is 50.0 Å². The molecule has 1 aromatic carbocycles. The number of carboxylic acids is 1. The van der Waals surface area contributed by atoms with Crippen LogP contribution in [0.5, 0.6) is 5.75 Å². The van der Waals surface area contributed by atoms with Crippen LogP contribution in [0.3, 0.4) is 0 Å². The number of carbonyl (C=O) groups excluding carboxylic acids is 4. The zero-order chi connectivity index (χ0) is 38.9. The lowest BCUT2D eigenvalue weighted by molar-refractivity contribution is -0.151. The molecule has 4 N–H and O–H groups in total. The van der Waals surface area contributed by atoms with Crippen molar-refractivity contribution < 1.29 is 43.3 Å². The van der Waals surface area contributed by atoms with E-state index in [1.54, 1.807) is 51.0 Å². The fraction of sp³-hybridized carbons (Fsp3) is 0.605. The van der Waals surface area contributed by atoms with Crippen LogP contribution >= 0.6 is 0 Å². The average Bonchev–Trinajstić information content (AvgIpc) is 3.80. The van der Waals surface area contributed by atoms with Crippen molar-refractivity contribution >= 4 is 53.0 Å². The molecule has 1 aromatic heterocycles. The minimum atomic E-state index is -1.06. The van der Waals surface area contributed by atoms with E-state index in [0.29, 0.717) is 59.5 Å². The summed E-state index contributed by atoms with van der Waals surface area (Å²) in [5.74, 6) is -1.10. The third-order valence-corrected chi connectivity index (χ3v) is 10.6. The van der Waals surface area contributed by atoms with Gasteiger partial charge in [0.05, 0.1) is 31.0 Å². The van der Waals surface area contributed by atoms with E-state index in [4.69, 9.17) is 19.2 Å². The van der Waals surface area contributed by atoms with E-state index in [-0.39, 0.29) is 37.3 Å². The molecule has 2 saturated carbocycles. The number of hydrogen-bond acceptors (Lipinski definition) is 12. The Bertz CT molecular complexity index is 1790. The van der Waals surface area contributed by atoms with Crippen molar-refractivity contribution in [3.63, 3.8) is 0 Å². The predicted octanol–water partition coefficient (Wildman–Crippen LogP) is 4.47. The van der Waals surface area contributed by atoms with E-state index in [2.05, 4.69) is 25.8 Å². The molecular formula is C38H51N7O9. The maximum absolute atomic E-state index is 14.0. The van der Waals surface area contributed by atoms with Gasteiger partial charge in [-0.1, -0.05) is 19.8 Å². The molecule has 2 fully saturated rings. The van der Waals surface area contributed by atoms with E-state index in [9.17, 15) is 29.1 Å². The molecule has 2 aromatic rings. The van der Waals surface area contributed by atoms with Crippen LogP contribution < -0.4 is 30.5 Å². The molecule has 0 radical (unpaired) electrons.